The van der Waals surface area contributed by atoms with Crippen molar-refractivity contribution in [2.75, 3.05) is 5.32 Å². The number of rotatable bonds is 4. The van der Waals surface area contributed by atoms with Gasteiger partial charge in [0.2, 0.25) is 0 Å². The summed E-state index contributed by atoms with van der Waals surface area (Å²) in [6.45, 7) is 5.47. The summed E-state index contributed by atoms with van der Waals surface area (Å²) in [5.74, 6) is -0.851. The van der Waals surface area contributed by atoms with Gasteiger partial charge in [-0.15, -0.1) is 15.3 Å². The number of aryl methyl sites for hydroxylation is 2. The fraction of sp³-hybridized carbons (Fsp3) is 0.238. The Morgan fingerprint density at radius 1 is 0.967 bits per heavy atom. The van der Waals surface area contributed by atoms with Crippen LogP contribution >= 0.6 is 0 Å². The van der Waals surface area contributed by atoms with Gasteiger partial charge < -0.3 is 5.32 Å². The highest BCUT2D eigenvalue weighted by Crippen LogP contribution is 2.32. The minimum atomic E-state index is -4.66. The summed E-state index contributed by atoms with van der Waals surface area (Å²) in [7, 11) is 0. The van der Waals surface area contributed by atoms with Crippen LogP contribution in [0.15, 0.2) is 48.7 Å². The van der Waals surface area contributed by atoms with E-state index in [1.165, 1.54) is 0 Å². The van der Waals surface area contributed by atoms with Crippen LogP contribution in [-0.2, 0) is 6.18 Å². The predicted octanol–water partition coefficient (Wildman–Crippen LogP) is 4.66. The molecule has 3 heterocycles. The lowest BCUT2D eigenvalue weighted by molar-refractivity contribution is -0.146. The number of fused-ring (bicyclic) bond motifs is 1. The Morgan fingerprint density at radius 3 is 2.43 bits per heavy atom. The standard InChI is InChI=1S/C21H19F3N6/c1-12-7-6-8-15(11-12)17(16-9-4-5-10-25-16)26-18-13(2)14(3)19-27-28-20(21(22,23)24)30(19)29-18/h4-11,17H,1-3H3,(H,26,29). The first kappa shape index (κ1) is 19.8. The number of anilines is 1. The normalized spacial score (nSPS) is 12.9. The van der Waals surface area contributed by atoms with E-state index in [1.807, 2.05) is 49.4 Å². The average molecular weight is 412 g/mol. The molecule has 6 nitrogen and oxygen atoms in total. The van der Waals surface area contributed by atoms with Crippen LogP contribution in [0.5, 0.6) is 0 Å². The molecule has 154 valence electrons. The molecule has 0 saturated heterocycles. The van der Waals surface area contributed by atoms with Gasteiger partial charge in [0.1, 0.15) is 0 Å². The van der Waals surface area contributed by atoms with Crippen molar-refractivity contribution in [2.45, 2.75) is 33.0 Å². The minimum Gasteiger partial charge on any atom is -0.356 e. The van der Waals surface area contributed by atoms with Gasteiger partial charge in [-0.1, -0.05) is 35.9 Å². The molecule has 0 amide bonds. The predicted molar refractivity (Wildman–Crippen MR) is 106 cm³/mol. The summed E-state index contributed by atoms with van der Waals surface area (Å²) in [5.41, 5.74) is 4.05. The molecule has 0 aliphatic carbocycles. The molecule has 1 unspecified atom stereocenters. The van der Waals surface area contributed by atoms with Crippen molar-refractivity contribution in [3.8, 4) is 0 Å². The van der Waals surface area contributed by atoms with E-state index in [2.05, 4.69) is 25.6 Å². The third-order valence-corrected chi connectivity index (χ3v) is 4.99. The SMILES string of the molecule is Cc1cccc(C(Nc2nn3c(C(F)(F)F)nnc3c(C)c2C)c2ccccn2)c1. The van der Waals surface area contributed by atoms with Gasteiger partial charge in [-0.2, -0.15) is 17.7 Å². The second-order valence-corrected chi connectivity index (χ2v) is 7.10. The van der Waals surface area contributed by atoms with E-state index in [4.69, 9.17) is 0 Å². The number of aromatic nitrogens is 5. The Hall–Kier alpha value is -3.49. The largest absolute Gasteiger partial charge is 0.453 e. The maximum atomic E-state index is 13.4. The van der Waals surface area contributed by atoms with Gasteiger partial charge in [0.25, 0.3) is 5.82 Å². The van der Waals surface area contributed by atoms with Gasteiger partial charge in [-0.05, 0) is 44.0 Å². The lowest BCUT2D eigenvalue weighted by Gasteiger charge is -2.22. The van der Waals surface area contributed by atoms with Crippen LogP contribution in [0.2, 0.25) is 0 Å². The summed E-state index contributed by atoms with van der Waals surface area (Å²) < 4.78 is 40.8. The molecular formula is C21H19F3N6. The van der Waals surface area contributed by atoms with E-state index in [-0.39, 0.29) is 5.65 Å². The highest BCUT2D eigenvalue weighted by Gasteiger charge is 2.38. The van der Waals surface area contributed by atoms with Crippen molar-refractivity contribution in [2.24, 2.45) is 0 Å². The van der Waals surface area contributed by atoms with E-state index in [0.717, 1.165) is 21.3 Å². The molecule has 0 fully saturated rings. The first-order valence-corrected chi connectivity index (χ1v) is 9.29. The number of benzene rings is 1. The molecule has 4 aromatic rings. The lowest BCUT2D eigenvalue weighted by atomic mass is 10.0. The molecule has 0 saturated carbocycles. The number of nitrogens with one attached hydrogen (secondary N) is 1. The number of alkyl halides is 3. The van der Waals surface area contributed by atoms with Gasteiger partial charge >= 0.3 is 6.18 Å². The third kappa shape index (κ3) is 3.58. The maximum absolute atomic E-state index is 13.4. The second kappa shape index (κ2) is 7.40. The zero-order valence-electron chi connectivity index (χ0n) is 16.6. The molecule has 4 rings (SSSR count). The first-order chi connectivity index (χ1) is 14.3. The molecule has 1 aromatic carbocycles. The Morgan fingerprint density at radius 2 is 1.77 bits per heavy atom. The van der Waals surface area contributed by atoms with Crippen molar-refractivity contribution >= 4 is 11.5 Å². The number of hydrogen-bond acceptors (Lipinski definition) is 5. The van der Waals surface area contributed by atoms with E-state index < -0.39 is 18.0 Å². The summed E-state index contributed by atoms with van der Waals surface area (Å²) in [6, 6.07) is 13.0. The molecule has 1 N–H and O–H groups in total. The summed E-state index contributed by atoms with van der Waals surface area (Å²) in [4.78, 5) is 4.44. The fourth-order valence-corrected chi connectivity index (χ4v) is 3.30. The molecule has 0 aliphatic heterocycles. The van der Waals surface area contributed by atoms with Crippen LogP contribution in [0.1, 0.15) is 39.8 Å². The highest BCUT2D eigenvalue weighted by atomic mass is 19.4. The smallest absolute Gasteiger partial charge is 0.356 e. The zero-order valence-corrected chi connectivity index (χ0v) is 16.6. The number of nitrogens with zero attached hydrogens (tertiary/aromatic N) is 5. The van der Waals surface area contributed by atoms with Gasteiger partial charge in [0, 0.05) is 11.8 Å². The summed E-state index contributed by atoms with van der Waals surface area (Å²) in [6.07, 6.45) is -2.99. The fourth-order valence-electron chi connectivity index (χ4n) is 3.30. The first-order valence-electron chi connectivity index (χ1n) is 9.29. The highest BCUT2D eigenvalue weighted by molar-refractivity contribution is 5.59. The molecule has 0 bridgehead atoms. The summed E-state index contributed by atoms with van der Waals surface area (Å²) in [5, 5.41) is 14.5. The Labute approximate surface area is 170 Å². The van der Waals surface area contributed by atoms with Gasteiger partial charge in [0.15, 0.2) is 11.5 Å². The van der Waals surface area contributed by atoms with Crippen molar-refractivity contribution in [3.63, 3.8) is 0 Å². The van der Waals surface area contributed by atoms with Crippen LogP contribution in [0.3, 0.4) is 0 Å². The van der Waals surface area contributed by atoms with Crippen molar-refractivity contribution in [3.05, 3.63) is 82.4 Å². The van der Waals surface area contributed by atoms with E-state index in [9.17, 15) is 13.2 Å². The average Bonchev–Trinajstić information content (AvgIpc) is 3.15. The number of hydrogen-bond donors (Lipinski definition) is 1. The Bertz CT molecular complexity index is 1200. The van der Waals surface area contributed by atoms with Gasteiger partial charge in [-0.3, -0.25) is 4.98 Å². The van der Waals surface area contributed by atoms with Crippen LogP contribution in [-0.4, -0.2) is 24.8 Å². The second-order valence-electron chi connectivity index (χ2n) is 7.10. The van der Waals surface area contributed by atoms with E-state index in [0.29, 0.717) is 16.9 Å². The zero-order chi connectivity index (χ0) is 21.5. The van der Waals surface area contributed by atoms with E-state index >= 15 is 0 Å². The molecule has 0 aliphatic rings. The molecular weight excluding hydrogens is 393 g/mol. The molecule has 0 spiro atoms. The van der Waals surface area contributed by atoms with Crippen molar-refractivity contribution < 1.29 is 13.2 Å². The van der Waals surface area contributed by atoms with Gasteiger partial charge in [-0.25, -0.2) is 0 Å². The maximum Gasteiger partial charge on any atom is 0.453 e. The number of pyridine rings is 1. The van der Waals surface area contributed by atoms with Crippen molar-refractivity contribution in [1.29, 1.82) is 0 Å². The lowest BCUT2D eigenvalue weighted by Crippen LogP contribution is -2.19. The van der Waals surface area contributed by atoms with Crippen LogP contribution < -0.4 is 5.32 Å². The quantitative estimate of drug-likeness (QED) is 0.528. The Balaban J connectivity index is 1.86. The monoisotopic (exact) mass is 412 g/mol. The van der Waals surface area contributed by atoms with Crippen LogP contribution in [0.25, 0.3) is 5.65 Å². The topological polar surface area (TPSA) is 68.0 Å². The molecule has 3 aromatic heterocycles. The summed E-state index contributed by atoms with van der Waals surface area (Å²) >= 11 is 0. The molecule has 30 heavy (non-hydrogen) atoms. The van der Waals surface area contributed by atoms with Gasteiger partial charge in [0.05, 0.1) is 11.7 Å². The third-order valence-electron chi connectivity index (χ3n) is 4.99. The minimum absolute atomic E-state index is 0.0790. The number of halogens is 3. The molecule has 9 heteroatoms. The molecule has 1 atom stereocenters. The Kier molecular flexibility index (Phi) is 4.89. The van der Waals surface area contributed by atoms with Crippen LogP contribution in [0, 0.1) is 20.8 Å². The molecule has 0 radical (unpaired) electrons. The van der Waals surface area contributed by atoms with E-state index in [1.54, 1.807) is 20.0 Å². The van der Waals surface area contributed by atoms with Crippen LogP contribution in [0.4, 0.5) is 19.0 Å². The van der Waals surface area contributed by atoms with Crippen molar-refractivity contribution in [1.82, 2.24) is 24.8 Å².